The average molecular weight is 411 g/mol. The predicted octanol–water partition coefficient (Wildman–Crippen LogP) is 1.88. The highest BCUT2D eigenvalue weighted by molar-refractivity contribution is 5.96. The Morgan fingerprint density at radius 2 is 2.03 bits per heavy atom. The maximum absolute atomic E-state index is 11.6. The molecule has 3 N–H and O–H groups in total. The second kappa shape index (κ2) is 9.95. The molecule has 1 amide bonds. The van der Waals surface area contributed by atoms with E-state index in [4.69, 9.17) is 9.94 Å². The fourth-order valence-electron chi connectivity index (χ4n) is 3.23. The zero-order chi connectivity index (χ0) is 21.5. The summed E-state index contributed by atoms with van der Waals surface area (Å²) in [6, 6.07) is 8.85. The lowest BCUT2D eigenvalue weighted by molar-refractivity contribution is -0.142. The van der Waals surface area contributed by atoms with Crippen LogP contribution in [0.2, 0.25) is 0 Å². The number of ether oxygens (including phenoxy) is 1. The van der Waals surface area contributed by atoms with Crippen LogP contribution in [0.15, 0.2) is 42.4 Å². The molecule has 2 aromatic rings. The van der Waals surface area contributed by atoms with Crippen molar-refractivity contribution in [3.63, 3.8) is 0 Å². The molecule has 1 aliphatic rings. The summed E-state index contributed by atoms with van der Waals surface area (Å²) < 4.78 is 4.77. The smallest absolute Gasteiger partial charge is 0.310 e. The van der Waals surface area contributed by atoms with E-state index in [0.29, 0.717) is 11.5 Å². The molecule has 158 valence electrons. The Morgan fingerprint density at radius 3 is 2.67 bits per heavy atom. The Bertz CT molecular complexity index is 912. The van der Waals surface area contributed by atoms with Gasteiger partial charge in [-0.25, -0.2) is 10.5 Å². The van der Waals surface area contributed by atoms with Gasteiger partial charge in [0.05, 0.1) is 18.1 Å². The standard InChI is InChI=1S/C21H25N5O4/c1-14-3-5-16(6-4-14)12-26-8-7-17(13-26)24-20-11-22-18(10-23-20)9-19(21(28)25-29)30-15(2)27/h3-6,9-11,17,29H,7-8,12-13H2,1-2H3,(H,23,24)(H,25,28)/b19-9+/t17-/m1/s1. The lowest BCUT2D eigenvalue weighted by Crippen LogP contribution is -2.26. The van der Waals surface area contributed by atoms with Gasteiger partial charge in [-0.1, -0.05) is 29.8 Å². The summed E-state index contributed by atoms with van der Waals surface area (Å²) in [6.45, 7) is 6.06. The minimum Gasteiger partial charge on any atom is -0.421 e. The topological polar surface area (TPSA) is 117 Å². The molecule has 0 aliphatic carbocycles. The highest BCUT2D eigenvalue weighted by atomic mass is 16.5. The van der Waals surface area contributed by atoms with Crippen LogP contribution in [-0.2, 0) is 20.9 Å². The van der Waals surface area contributed by atoms with Gasteiger partial charge in [-0.3, -0.25) is 24.7 Å². The molecule has 9 heteroatoms. The summed E-state index contributed by atoms with van der Waals surface area (Å²) in [6.07, 6.45) is 5.23. The number of carbonyl (C=O) groups excluding carboxylic acids is 2. The van der Waals surface area contributed by atoms with Gasteiger partial charge in [0.15, 0.2) is 5.76 Å². The number of aryl methyl sites for hydroxylation is 1. The maximum Gasteiger partial charge on any atom is 0.310 e. The van der Waals surface area contributed by atoms with Crippen LogP contribution < -0.4 is 10.8 Å². The first-order valence-electron chi connectivity index (χ1n) is 9.64. The molecule has 1 fully saturated rings. The molecule has 1 saturated heterocycles. The molecule has 2 heterocycles. The van der Waals surface area contributed by atoms with E-state index in [2.05, 4.69) is 51.4 Å². The number of nitrogens with one attached hydrogen (secondary N) is 2. The minimum atomic E-state index is -0.950. The second-order valence-electron chi connectivity index (χ2n) is 7.22. The number of nitrogens with zero attached hydrogens (tertiary/aromatic N) is 3. The maximum atomic E-state index is 11.6. The van der Waals surface area contributed by atoms with Crippen molar-refractivity contribution in [1.82, 2.24) is 20.3 Å². The van der Waals surface area contributed by atoms with Crippen molar-refractivity contribution in [2.45, 2.75) is 32.9 Å². The van der Waals surface area contributed by atoms with Crippen molar-refractivity contribution >= 4 is 23.8 Å². The Hall–Kier alpha value is -3.30. The highest BCUT2D eigenvalue weighted by Crippen LogP contribution is 2.17. The molecule has 1 aromatic carbocycles. The van der Waals surface area contributed by atoms with E-state index in [9.17, 15) is 9.59 Å². The van der Waals surface area contributed by atoms with Gasteiger partial charge < -0.3 is 10.1 Å². The first-order chi connectivity index (χ1) is 14.4. The number of amides is 1. The fourth-order valence-corrected chi connectivity index (χ4v) is 3.23. The summed E-state index contributed by atoms with van der Waals surface area (Å²) in [7, 11) is 0. The number of rotatable bonds is 7. The van der Waals surface area contributed by atoms with Crippen molar-refractivity contribution in [1.29, 1.82) is 0 Å². The van der Waals surface area contributed by atoms with Gasteiger partial charge in [-0.15, -0.1) is 0 Å². The van der Waals surface area contributed by atoms with Crippen LogP contribution in [0.3, 0.4) is 0 Å². The SMILES string of the molecule is CC(=O)O/C(=C/c1cnc(N[C@@H]2CCN(Cc3ccc(C)cc3)C2)cn1)C(=O)NO. The number of hydroxylamine groups is 1. The normalized spacial score (nSPS) is 16.9. The molecule has 0 radical (unpaired) electrons. The summed E-state index contributed by atoms with van der Waals surface area (Å²) in [5, 5.41) is 12.1. The lowest BCUT2D eigenvalue weighted by atomic mass is 10.1. The van der Waals surface area contributed by atoms with Crippen molar-refractivity contribution in [3.8, 4) is 0 Å². The third-order valence-electron chi connectivity index (χ3n) is 4.68. The molecule has 1 aliphatic heterocycles. The second-order valence-corrected chi connectivity index (χ2v) is 7.22. The van der Waals surface area contributed by atoms with Gasteiger partial charge in [0.1, 0.15) is 5.82 Å². The van der Waals surface area contributed by atoms with Gasteiger partial charge in [0.2, 0.25) is 0 Å². The number of hydrogen-bond donors (Lipinski definition) is 3. The van der Waals surface area contributed by atoms with Crippen molar-refractivity contribution < 1.29 is 19.5 Å². The first-order valence-corrected chi connectivity index (χ1v) is 9.64. The zero-order valence-electron chi connectivity index (χ0n) is 17.0. The van der Waals surface area contributed by atoms with Gasteiger partial charge in [-0.05, 0) is 18.9 Å². The zero-order valence-corrected chi connectivity index (χ0v) is 17.0. The van der Waals surface area contributed by atoms with E-state index in [0.717, 1.165) is 33.0 Å². The molecule has 1 atom stereocenters. The molecule has 0 spiro atoms. The summed E-state index contributed by atoms with van der Waals surface area (Å²) in [5.74, 6) is -1.39. The average Bonchev–Trinajstić information content (AvgIpc) is 3.16. The minimum absolute atomic E-state index is 0.267. The third-order valence-corrected chi connectivity index (χ3v) is 4.68. The molecule has 0 bridgehead atoms. The molecule has 0 unspecified atom stereocenters. The Labute approximate surface area is 174 Å². The van der Waals surface area contributed by atoms with E-state index < -0.39 is 11.9 Å². The van der Waals surface area contributed by atoms with Crippen molar-refractivity contribution in [3.05, 3.63) is 59.2 Å². The number of anilines is 1. The quantitative estimate of drug-likeness (QED) is 0.208. The molecular weight excluding hydrogens is 386 g/mol. The van der Waals surface area contributed by atoms with Crippen LogP contribution in [-0.4, -0.2) is 51.1 Å². The van der Waals surface area contributed by atoms with Crippen molar-refractivity contribution in [2.75, 3.05) is 18.4 Å². The lowest BCUT2D eigenvalue weighted by Gasteiger charge is -2.17. The Balaban J connectivity index is 1.56. The van der Waals surface area contributed by atoms with Crippen LogP contribution in [0.1, 0.15) is 30.2 Å². The van der Waals surface area contributed by atoms with E-state index in [1.807, 2.05) is 0 Å². The van der Waals surface area contributed by atoms with Crippen LogP contribution in [0, 0.1) is 6.92 Å². The monoisotopic (exact) mass is 411 g/mol. The van der Waals surface area contributed by atoms with Crippen LogP contribution in [0.25, 0.3) is 6.08 Å². The molecular formula is C21H25N5O4. The van der Waals surface area contributed by atoms with Crippen LogP contribution in [0.4, 0.5) is 5.82 Å². The summed E-state index contributed by atoms with van der Waals surface area (Å²) in [4.78, 5) is 33.6. The number of likely N-dealkylation sites (tertiary alicyclic amines) is 1. The third kappa shape index (κ3) is 6.10. The highest BCUT2D eigenvalue weighted by Gasteiger charge is 2.22. The Kier molecular flexibility index (Phi) is 7.10. The van der Waals surface area contributed by atoms with E-state index >= 15 is 0 Å². The molecule has 30 heavy (non-hydrogen) atoms. The van der Waals surface area contributed by atoms with Crippen LogP contribution in [0.5, 0.6) is 0 Å². The molecule has 3 rings (SSSR count). The predicted molar refractivity (Wildman–Crippen MR) is 110 cm³/mol. The van der Waals surface area contributed by atoms with Gasteiger partial charge in [0.25, 0.3) is 0 Å². The largest absolute Gasteiger partial charge is 0.421 e. The number of aromatic nitrogens is 2. The first kappa shape index (κ1) is 21.4. The Morgan fingerprint density at radius 1 is 1.27 bits per heavy atom. The molecule has 9 nitrogen and oxygen atoms in total. The van der Waals surface area contributed by atoms with Gasteiger partial charge in [-0.2, -0.15) is 0 Å². The summed E-state index contributed by atoms with van der Waals surface area (Å²) in [5.41, 5.74) is 4.29. The van der Waals surface area contributed by atoms with E-state index in [1.54, 1.807) is 6.20 Å². The fraction of sp³-hybridized carbons (Fsp3) is 0.333. The van der Waals surface area contributed by atoms with Crippen LogP contribution >= 0.6 is 0 Å². The van der Waals surface area contributed by atoms with Gasteiger partial charge in [0, 0.05) is 38.7 Å². The number of carbonyl (C=O) groups is 2. The molecule has 1 aromatic heterocycles. The number of benzene rings is 1. The van der Waals surface area contributed by atoms with Gasteiger partial charge >= 0.3 is 11.9 Å². The van der Waals surface area contributed by atoms with Crippen molar-refractivity contribution in [2.24, 2.45) is 0 Å². The van der Waals surface area contributed by atoms with E-state index in [-0.39, 0.29) is 11.8 Å². The van der Waals surface area contributed by atoms with E-state index in [1.165, 1.54) is 28.9 Å². The number of hydrogen-bond acceptors (Lipinski definition) is 8. The number of esters is 1. The molecule has 0 saturated carbocycles. The summed E-state index contributed by atoms with van der Waals surface area (Å²) >= 11 is 0.